The van der Waals surface area contributed by atoms with Gasteiger partial charge in [0.15, 0.2) is 11.6 Å². The van der Waals surface area contributed by atoms with Gasteiger partial charge in [-0.3, -0.25) is 0 Å². The summed E-state index contributed by atoms with van der Waals surface area (Å²) in [5.74, 6) is -1.21. The summed E-state index contributed by atoms with van der Waals surface area (Å²) < 4.78 is 26.7. The summed E-state index contributed by atoms with van der Waals surface area (Å²) in [6, 6.07) is 8.74. The second-order valence-corrected chi connectivity index (χ2v) is 5.83. The maximum absolute atomic E-state index is 13.5. The number of nitrogens with zero attached hydrogens (tertiary/aromatic N) is 2. The zero-order valence-electron chi connectivity index (χ0n) is 12.7. The molecule has 6 heteroatoms. The van der Waals surface area contributed by atoms with Crippen LogP contribution in [-0.4, -0.2) is 27.8 Å². The van der Waals surface area contributed by atoms with Crippen LogP contribution in [0.5, 0.6) is 0 Å². The van der Waals surface area contributed by atoms with Crippen LogP contribution in [0.15, 0.2) is 36.4 Å². The zero-order chi connectivity index (χ0) is 16.6. The molecule has 2 heterocycles. The first kappa shape index (κ1) is 15.8. The molecule has 1 saturated heterocycles. The third-order valence-electron chi connectivity index (χ3n) is 4.09. The molecule has 0 bridgehead atoms. The molecule has 1 fully saturated rings. The first-order chi connectivity index (χ1) is 11.0. The molecule has 122 valence electrons. The molecule has 0 aliphatic carbocycles. The van der Waals surface area contributed by atoms with E-state index in [9.17, 15) is 19.0 Å². The minimum Gasteiger partial charge on any atom is -0.391 e. The van der Waals surface area contributed by atoms with E-state index in [1.807, 2.05) is 4.90 Å². The number of aromatic nitrogens is 1. The molecular formula is C17H18F2N2O2. The topological polar surface area (TPSA) is 56.6 Å². The Morgan fingerprint density at radius 3 is 2.70 bits per heavy atom. The first-order valence-corrected chi connectivity index (χ1v) is 7.50. The number of rotatable bonds is 3. The van der Waals surface area contributed by atoms with Gasteiger partial charge in [0.25, 0.3) is 0 Å². The summed E-state index contributed by atoms with van der Waals surface area (Å²) in [5, 5.41) is 19.7. The second-order valence-electron chi connectivity index (χ2n) is 5.83. The van der Waals surface area contributed by atoms with E-state index < -0.39 is 23.8 Å². The molecule has 2 N–H and O–H groups in total. The highest BCUT2D eigenvalue weighted by Gasteiger charge is 2.33. The van der Waals surface area contributed by atoms with Crippen molar-refractivity contribution in [3.63, 3.8) is 0 Å². The average molecular weight is 320 g/mol. The molecule has 0 spiro atoms. The van der Waals surface area contributed by atoms with Crippen molar-refractivity contribution in [2.45, 2.75) is 31.6 Å². The van der Waals surface area contributed by atoms with Crippen LogP contribution in [0.2, 0.25) is 0 Å². The highest BCUT2D eigenvalue weighted by atomic mass is 19.2. The Kier molecular flexibility index (Phi) is 4.28. The Morgan fingerprint density at radius 2 is 2.00 bits per heavy atom. The lowest BCUT2D eigenvalue weighted by Gasteiger charge is -2.26. The van der Waals surface area contributed by atoms with Gasteiger partial charge in [-0.15, -0.1) is 0 Å². The molecule has 3 atom stereocenters. The lowest BCUT2D eigenvalue weighted by molar-refractivity contribution is 0.194. The molecule has 0 saturated carbocycles. The lowest BCUT2D eigenvalue weighted by atomic mass is 10.0. The molecule has 4 nitrogen and oxygen atoms in total. The van der Waals surface area contributed by atoms with Crippen LogP contribution in [0.3, 0.4) is 0 Å². The van der Waals surface area contributed by atoms with Gasteiger partial charge in [0.2, 0.25) is 0 Å². The van der Waals surface area contributed by atoms with E-state index in [2.05, 4.69) is 4.98 Å². The van der Waals surface area contributed by atoms with Crippen molar-refractivity contribution in [3.8, 4) is 0 Å². The van der Waals surface area contributed by atoms with Crippen LogP contribution in [-0.2, 0) is 0 Å². The largest absolute Gasteiger partial charge is 0.391 e. The molecule has 0 amide bonds. The molecule has 3 rings (SSSR count). The number of aliphatic hydroxyl groups is 2. The molecule has 1 aliphatic heterocycles. The maximum atomic E-state index is 13.5. The molecular weight excluding hydrogens is 302 g/mol. The molecule has 23 heavy (non-hydrogen) atoms. The molecule has 1 aromatic heterocycles. The molecule has 1 aliphatic rings. The van der Waals surface area contributed by atoms with Gasteiger partial charge in [0.1, 0.15) is 5.82 Å². The summed E-state index contributed by atoms with van der Waals surface area (Å²) >= 11 is 0. The summed E-state index contributed by atoms with van der Waals surface area (Å²) in [5.41, 5.74) is 1.11. The molecule has 2 aromatic rings. The van der Waals surface area contributed by atoms with Crippen LogP contribution >= 0.6 is 0 Å². The summed E-state index contributed by atoms with van der Waals surface area (Å²) in [4.78, 5) is 6.25. The van der Waals surface area contributed by atoms with Crippen molar-refractivity contribution >= 4 is 5.82 Å². The maximum Gasteiger partial charge on any atom is 0.159 e. The quantitative estimate of drug-likeness (QED) is 0.913. The van der Waals surface area contributed by atoms with Crippen LogP contribution in [0.1, 0.15) is 36.7 Å². The predicted octanol–water partition coefficient (Wildman–Crippen LogP) is 2.73. The summed E-state index contributed by atoms with van der Waals surface area (Å²) in [7, 11) is 0. The number of benzene rings is 1. The highest BCUT2D eigenvalue weighted by molar-refractivity contribution is 5.45. The number of pyridine rings is 1. The monoisotopic (exact) mass is 320 g/mol. The summed E-state index contributed by atoms with van der Waals surface area (Å²) in [6.07, 6.45) is -0.875. The minimum atomic E-state index is -0.908. The van der Waals surface area contributed by atoms with Crippen molar-refractivity contribution in [2.75, 3.05) is 11.4 Å². The number of hydrogen-bond acceptors (Lipinski definition) is 4. The second kappa shape index (κ2) is 6.22. The van der Waals surface area contributed by atoms with E-state index in [1.165, 1.54) is 6.07 Å². The normalized spacial score (nSPS) is 22.4. The van der Waals surface area contributed by atoms with E-state index in [0.717, 1.165) is 12.1 Å². The Bertz CT molecular complexity index is 709. The smallest absolute Gasteiger partial charge is 0.159 e. The fourth-order valence-electron chi connectivity index (χ4n) is 2.93. The third kappa shape index (κ3) is 3.18. The number of aliphatic hydroxyl groups excluding tert-OH is 2. The molecule has 1 aromatic carbocycles. The summed E-state index contributed by atoms with van der Waals surface area (Å²) in [6.45, 7) is 1.97. The fourth-order valence-corrected chi connectivity index (χ4v) is 2.93. The Balaban J connectivity index is 1.96. The molecule has 0 radical (unpaired) electrons. The van der Waals surface area contributed by atoms with E-state index in [-0.39, 0.29) is 6.04 Å². The minimum absolute atomic E-state index is 0.295. The van der Waals surface area contributed by atoms with Gasteiger partial charge >= 0.3 is 0 Å². The Labute approximate surface area is 133 Å². The zero-order valence-corrected chi connectivity index (χ0v) is 12.7. The number of anilines is 1. The fraction of sp³-hybridized carbons (Fsp3) is 0.353. The van der Waals surface area contributed by atoms with Gasteiger partial charge in [0, 0.05) is 6.54 Å². The van der Waals surface area contributed by atoms with Crippen LogP contribution in [0.25, 0.3) is 0 Å². The van der Waals surface area contributed by atoms with Gasteiger partial charge < -0.3 is 15.1 Å². The number of hydrogen-bond donors (Lipinski definition) is 2. The Morgan fingerprint density at radius 1 is 1.22 bits per heavy atom. The SMILES string of the molecule is CC(O)c1cccc(N2CC(O)CC2c2ccc(F)c(F)c2)n1. The van der Waals surface area contributed by atoms with Gasteiger partial charge in [-0.2, -0.15) is 0 Å². The lowest BCUT2D eigenvalue weighted by Crippen LogP contribution is -2.25. The van der Waals surface area contributed by atoms with Crippen molar-refractivity contribution in [1.82, 2.24) is 4.98 Å². The van der Waals surface area contributed by atoms with Gasteiger partial charge in [0.05, 0.1) is 23.9 Å². The number of halogens is 2. The van der Waals surface area contributed by atoms with E-state index in [4.69, 9.17) is 0 Å². The van der Waals surface area contributed by atoms with Crippen LogP contribution in [0, 0.1) is 11.6 Å². The average Bonchev–Trinajstić information content (AvgIpc) is 2.92. The van der Waals surface area contributed by atoms with Gasteiger partial charge in [-0.1, -0.05) is 12.1 Å². The Hall–Kier alpha value is -2.05. The van der Waals surface area contributed by atoms with Crippen LogP contribution < -0.4 is 4.90 Å². The van der Waals surface area contributed by atoms with Crippen molar-refractivity contribution < 1.29 is 19.0 Å². The van der Waals surface area contributed by atoms with E-state index in [0.29, 0.717) is 30.0 Å². The van der Waals surface area contributed by atoms with Crippen molar-refractivity contribution in [1.29, 1.82) is 0 Å². The molecule has 3 unspecified atom stereocenters. The van der Waals surface area contributed by atoms with Crippen molar-refractivity contribution in [2.24, 2.45) is 0 Å². The predicted molar refractivity (Wildman–Crippen MR) is 81.9 cm³/mol. The van der Waals surface area contributed by atoms with Gasteiger partial charge in [-0.05, 0) is 43.2 Å². The highest BCUT2D eigenvalue weighted by Crippen LogP contribution is 2.36. The van der Waals surface area contributed by atoms with Crippen molar-refractivity contribution in [3.05, 3.63) is 59.3 Å². The van der Waals surface area contributed by atoms with Crippen LogP contribution in [0.4, 0.5) is 14.6 Å². The van der Waals surface area contributed by atoms with Gasteiger partial charge in [-0.25, -0.2) is 13.8 Å². The standard InChI is InChI=1S/C17H18F2N2O2/c1-10(22)15-3-2-4-17(20-15)21-9-12(23)8-16(21)11-5-6-13(18)14(19)7-11/h2-7,10,12,16,22-23H,8-9H2,1H3. The number of β-amino-alcohol motifs (C(OH)–C–C–N with tert-alkyl or cyclic N) is 1. The van der Waals surface area contributed by atoms with E-state index in [1.54, 1.807) is 25.1 Å². The third-order valence-corrected chi connectivity index (χ3v) is 4.09. The first-order valence-electron chi connectivity index (χ1n) is 7.50. The van der Waals surface area contributed by atoms with E-state index >= 15 is 0 Å².